The van der Waals surface area contributed by atoms with Crippen LogP contribution in [0.1, 0.15) is 20.7 Å². The highest BCUT2D eigenvalue weighted by atomic mass is 35.5. The number of benzene rings is 2. The minimum atomic E-state index is -0.583. The van der Waals surface area contributed by atoms with E-state index in [4.69, 9.17) is 46.4 Å². The van der Waals surface area contributed by atoms with E-state index < -0.39 is 11.6 Å². The maximum absolute atomic E-state index is 11.9. The van der Waals surface area contributed by atoms with Gasteiger partial charge in [0.15, 0.2) is 0 Å². The topological polar surface area (TPSA) is 34.1 Å². The van der Waals surface area contributed by atoms with E-state index in [1.54, 1.807) is 0 Å². The lowest BCUT2D eigenvalue weighted by Gasteiger charge is -1.99. The van der Waals surface area contributed by atoms with Gasteiger partial charge in [-0.2, -0.15) is 0 Å². The first-order chi connectivity index (χ1) is 10.4. The Morgan fingerprint density at radius 3 is 1.36 bits per heavy atom. The third-order valence-electron chi connectivity index (χ3n) is 2.64. The monoisotopic (exact) mass is 370 g/mol. The second-order valence-corrected chi connectivity index (χ2v) is 5.84. The molecule has 0 fully saturated rings. The summed E-state index contributed by atoms with van der Waals surface area (Å²) in [5.41, 5.74) is 0.349. The molecule has 0 saturated heterocycles. The molecule has 2 nitrogen and oxygen atoms in total. The summed E-state index contributed by atoms with van der Waals surface area (Å²) in [5.74, 6) is 3.32. The Hall–Kier alpha value is -1.50. The molecule has 0 aliphatic carbocycles. The maximum Gasteiger partial charge on any atom is 0.237 e. The standard InChI is InChI=1S/C16H6Cl4O2/c17-9-1-3-11(13(19)7-9)15(21)5-6-16(22)12-4-2-10(18)8-14(12)20/h1-4,7-8H. The first-order valence-corrected chi connectivity index (χ1v) is 7.40. The van der Waals surface area contributed by atoms with Crippen molar-refractivity contribution in [2.75, 3.05) is 0 Å². The van der Waals surface area contributed by atoms with E-state index in [0.717, 1.165) is 0 Å². The van der Waals surface area contributed by atoms with Crippen molar-refractivity contribution in [1.82, 2.24) is 0 Å². The highest BCUT2D eigenvalue weighted by Gasteiger charge is 2.11. The molecule has 0 N–H and O–H groups in total. The zero-order valence-corrected chi connectivity index (χ0v) is 13.8. The average Bonchev–Trinajstić information content (AvgIpc) is 2.44. The molecule has 0 aromatic heterocycles. The molecule has 0 spiro atoms. The molecule has 22 heavy (non-hydrogen) atoms. The summed E-state index contributed by atoms with van der Waals surface area (Å²) in [6.45, 7) is 0. The van der Waals surface area contributed by atoms with Crippen molar-refractivity contribution in [1.29, 1.82) is 0 Å². The lowest BCUT2D eigenvalue weighted by Crippen LogP contribution is -2.00. The molecular weight excluding hydrogens is 366 g/mol. The Kier molecular flexibility index (Phi) is 5.50. The lowest BCUT2D eigenvalue weighted by atomic mass is 10.1. The molecule has 0 bridgehead atoms. The van der Waals surface area contributed by atoms with Crippen LogP contribution in [0.15, 0.2) is 36.4 Å². The zero-order chi connectivity index (χ0) is 16.3. The molecule has 2 aromatic carbocycles. The molecule has 0 aliphatic heterocycles. The van der Waals surface area contributed by atoms with Gasteiger partial charge in [0.2, 0.25) is 11.6 Å². The van der Waals surface area contributed by atoms with Gasteiger partial charge in [0.05, 0.1) is 10.0 Å². The van der Waals surface area contributed by atoms with Crippen molar-refractivity contribution in [3.8, 4) is 11.8 Å². The summed E-state index contributed by atoms with van der Waals surface area (Å²) in [5, 5.41) is 1.14. The molecular formula is C16H6Cl4O2. The van der Waals surface area contributed by atoms with Crippen molar-refractivity contribution in [3.63, 3.8) is 0 Å². The van der Waals surface area contributed by atoms with Crippen LogP contribution in [0.4, 0.5) is 0 Å². The van der Waals surface area contributed by atoms with Crippen LogP contribution in [-0.2, 0) is 0 Å². The Bertz CT molecular complexity index is 764. The number of halogens is 4. The van der Waals surface area contributed by atoms with Crippen molar-refractivity contribution < 1.29 is 9.59 Å². The Labute approximate surface area is 146 Å². The molecule has 2 rings (SSSR count). The maximum atomic E-state index is 11.9. The fourth-order valence-corrected chi connectivity index (χ4v) is 2.58. The van der Waals surface area contributed by atoms with Gasteiger partial charge in [0.1, 0.15) is 0 Å². The van der Waals surface area contributed by atoms with Crippen LogP contribution in [0.2, 0.25) is 20.1 Å². The SMILES string of the molecule is O=C(C#CC(=O)c1ccc(Cl)cc1Cl)c1ccc(Cl)cc1Cl. The Morgan fingerprint density at radius 1 is 0.682 bits per heavy atom. The fourth-order valence-electron chi connectivity index (χ4n) is 1.60. The molecule has 0 aliphatic rings. The van der Waals surface area contributed by atoms with Gasteiger partial charge >= 0.3 is 0 Å². The number of ketones is 2. The van der Waals surface area contributed by atoms with Crippen LogP contribution in [0.25, 0.3) is 0 Å². The molecule has 0 atom stereocenters. The molecule has 0 unspecified atom stereocenters. The van der Waals surface area contributed by atoms with Crippen LogP contribution >= 0.6 is 46.4 Å². The van der Waals surface area contributed by atoms with Gasteiger partial charge in [-0.1, -0.05) is 46.4 Å². The molecule has 0 amide bonds. The normalized spacial score (nSPS) is 9.82. The molecule has 6 heteroatoms. The van der Waals surface area contributed by atoms with Crippen LogP contribution < -0.4 is 0 Å². The van der Waals surface area contributed by atoms with Crippen molar-refractivity contribution >= 4 is 58.0 Å². The third-order valence-corrected chi connectivity index (χ3v) is 3.74. The van der Waals surface area contributed by atoms with Crippen LogP contribution in [0.3, 0.4) is 0 Å². The van der Waals surface area contributed by atoms with E-state index >= 15 is 0 Å². The quantitative estimate of drug-likeness (QED) is 0.404. The molecule has 0 heterocycles. The van der Waals surface area contributed by atoms with Gasteiger partial charge in [0, 0.05) is 21.2 Å². The highest BCUT2D eigenvalue weighted by molar-refractivity contribution is 6.39. The number of hydrogen-bond donors (Lipinski definition) is 0. The highest BCUT2D eigenvalue weighted by Crippen LogP contribution is 2.22. The number of carbonyl (C=O) groups excluding carboxylic acids is 2. The summed E-state index contributed by atoms with van der Waals surface area (Å²) < 4.78 is 0. The smallest absolute Gasteiger partial charge is 0.237 e. The van der Waals surface area contributed by atoms with Gasteiger partial charge < -0.3 is 0 Å². The molecule has 110 valence electrons. The first kappa shape index (κ1) is 16.9. The Balaban J connectivity index is 2.25. The largest absolute Gasteiger partial charge is 0.279 e. The second-order valence-electron chi connectivity index (χ2n) is 4.16. The van der Waals surface area contributed by atoms with Crippen LogP contribution in [0, 0.1) is 11.8 Å². The van der Waals surface area contributed by atoms with Crippen LogP contribution in [0.5, 0.6) is 0 Å². The van der Waals surface area contributed by atoms with Gasteiger partial charge in [0.25, 0.3) is 0 Å². The van der Waals surface area contributed by atoms with E-state index in [9.17, 15) is 9.59 Å². The number of rotatable bonds is 2. The molecule has 2 aromatic rings. The van der Waals surface area contributed by atoms with E-state index in [-0.39, 0.29) is 21.2 Å². The van der Waals surface area contributed by atoms with Crippen molar-refractivity contribution in [2.24, 2.45) is 0 Å². The fraction of sp³-hybridized carbons (Fsp3) is 0. The van der Waals surface area contributed by atoms with Crippen molar-refractivity contribution in [3.05, 3.63) is 67.6 Å². The molecule has 0 radical (unpaired) electrons. The minimum Gasteiger partial charge on any atom is -0.279 e. The van der Waals surface area contributed by atoms with Gasteiger partial charge in [-0.3, -0.25) is 9.59 Å². The van der Waals surface area contributed by atoms with E-state index in [1.165, 1.54) is 36.4 Å². The van der Waals surface area contributed by atoms with E-state index in [0.29, 0.717) is 10.0 Å². The third kappa shape index (κ3) is 4.03. The zero-order valence-electron chi connectivity index (χ0n) is 10.8. The number of hydrogen-bond acceptors (Lipinski definition) is 2. The number of carbonyl (C=O) groups is 2. The minimum absolute atomic E-state index is 0.170. The van der Waals surface area contributed by atoms with E-state index in [2.05, 4.69) is 11.8 Å². The summed E-state index contributed by atoms with van der Waals surface area (Å²) in [6.07, 6.45) is 0. The summed E-state index contributed by atoms with van der Waals surface area (Å²) >= 11 is 23.3. The predicted molar refractivity (Wildman–Crippen MR) is 89.4 cm³/mol. The van der Waals surface area contributed by atoms with Gasteiger partial charge in [-0.15, -0.1) is 0 Å². The Morgan fingerprint density at radius 2 is 1.05 bits per heavy atom. The van der Waals surface area contributed by atoms with Gasteiger partial charge in [-0.25, -0.2) is 0 Å². The lowest BCUT2D eigenvalue weighted by molar-refractivity contribution is 0.103. The summed E-state index contributed by atoms with van der Waals surface area (Å²) in [7, 11) is 0. The van der Waals surface area contributed by atoms with Crippen molar-refractivity contribution in [2.45, 2.75) is 0 Å². The summed E-state index contributed by atoms with van der Waals surface area (Å²) in [6, 6.07) is 8.77. The van der Waals surface area contributed by atoms with Gasteiger partial charge in [-0.05, 0) is 48.2 Å². The average molecular weight is 372 g/mol. The van der Waals surface area contributed by atoms with Crippen LogP contribution in [-0.4, -0.2) is 11.6 Å². The number of Topliss-reactive ketones (excluding diaryl/α,β-unsaturated/α-hetero) is 2. The summed E-state index contributed by atoms with van der Waals surface area (Å²) in [4.78, 5) is 23.9. The second kappa shape index (κ2) is 7.17. The molecule has 0 saturated carbocycles. The first-order valence-electron chi connectivity index (χ1n) is 5.89. The predicted octanol–water partition coefficient (Wildman–Crippen LogP) is 5.37. The van der Waals surface area contributed by atoms with E-state index in [1.807, 2.05) is 0 Å².